The predicted molar refractivity (Wildman–Crippen MR) is 72.7 cm³/mol. The standard InChI is InChI=1S/C15H31N/c1-5-8-14(4)11-15(9-6-7-10-15)12-16-13(2)3/h13-14,16H,5-12H2,1-4H3. The van der Waals surface area contributed by atoms with Gasteiger partial charge in [0, 0.05) is 12.6 Å². The largest absolute Gasteiger partial charge is 0.314 e. The van der Waals surface area contributed by atoms with Crippen molar-refractivity contribution in [3.8, 4) is 0 Å². The molecule has 1 aliphatic rings. The Morgan fingerprint density at radius 2 is 1.75 bits per heavy atom. The summed E-state index contributed by atoms with van der Waals surface area (Å²) in [5.41, 5.74) is 0.638. The number of rotatable bonds is 7. The lowest BCUT2D eigenvalue weighted by Gasteiger charge is -2.33. The van der Waals surface area contributed by atoms with E-state index >= 15 is 0 Å². The summed E-state index contributed by atoms with van der Waals surface area (Å²) >= 11 is 0. The lowest BCUT2D eigenvalue weighted by molar-refractivity contribution is 0.206. The van der Waals surface area contributed by atoms with Gasteiger partial charge in [0.1, 0.15) is 0 Å². The third-order valence-corrected chi connectivity index (χ3v) is 4.11. The molecule has 0 spiro atoms. The summed E-state index contributed by atoms with van der Waals surface area (Å²) in [6.45, 7) is 10.5. The van der Waals surface area contributed by atoms with Gasteiger partial charge in [-0.15, -0.1) is 0 Å². The van der Waals surface area contributed by atoms with Gasteiger partial charge in [0.25, 0.3) is 0 Å². The van der Waals surface area contributed by atoms with E-state index in [9.17, 15) is 0 Å². The van der Waals surface area contributed by atoms with Crippen molar-refractivity contribution in [3.63, 3.8) is 0 Å². The first-order chi connectivity index (χ1) is 7.58. The monoisotopic (exact) mass is 225 g/mol. The first-order valence-electron chi connectivity index (χ1n) is 7.31. The molecule has 1 heteroatoms. The van der Waals surface area contributed by atoms with E-state index in [0.29, 0.717) is 11.5 Å². The normalized spacial score (nSPS) is 21.6. The Morgan fingerprint density at radius 3 is 2.25 bits per heavy atom. The van der Waals surface area contributed by atoms with E-state index in [4.69, 9.17) is 0 Å². The van der Waals surface area contributed by atoms with Gasteiger partial charge in [-0.3, -0.25) is 0 Å². The topological polar surface area (TPSA) is 12.0 Å². The number of hydrogen-bond donors (Lipinski definition) is 1. The maximum absolute atomic E-state index is 3.68. The van der Waals surface area contributed by atoms with Gasteiger partial charge in [0.2, 0.25) is 0 Å². The van der Waals surface area contributed by atoms with E-state index in [-0.39, 0.29) is 0 Å². The second-order valence-electron chi connectivity index (χ2n) is 6.34. The maximum Gasteiger partial charge on any atom is 0.00106 e. The molecule has 1 aliphatic carbocycles. The van der Waals surface area contributed by atoms with Crippen molar-refractivity contribution in [1.82, 2.24) is 5.32 Å². The molecule has 0 heterocycles. The molecule has 16 heavy (non-hydrogen) atoms. The fourth-order valence-electron chi connectivity index (χ4n) is 3.33. The zero-order valence-electron chi connectivity index (χ0n) is 11.8. The molecule has 0 bridgehead atoms. The van der Waals surface area contributed by atoms with E-state index in [0.717, 1.165) is 5.92 Å². The first kappa shape index (κ1) is 14.0. The minimum absolute atomic E-state index is 0.638. The smallest absolute Gasteiger partial charge is 0.00106 e. The van der Waals surface area contributed by atoms with Crippen molar-refractivity contribution in [1.29, 1.82) is 0 Å². The average Bonchev–Trinajstić information content (AvgIpc) is 2.64. The summed E-state index contributed by atoms with van der Waals surface area (Å²) in [4.78, 5) is 0. The highest BCUT2D eigenvalue weighted by Gasteiger charge is 2.34. The van der Waals surface area contributed by atoms with Gasteiger partial charge in [-0.05, 0) is 30.6 Å². The van der Waals surface area contributed by atoms with Crippen LogP contribution in [0.5, 0.6) is 0 Å². The van der Waals surface area contributed by atoms with E-state index < -0.39 is 0 Å². The first-order valence-corrected chi connectivity index (χ1v) is 7.31. The van der Waals surface area contributed by atoms with Gasteiger partial charge in [0.15, 0.2) is 0 Å². The van der Waals surface area contributed by atoms with Crippen molar-refractivity contribution in [2.75, 3.05) is 6.54 Å². The summed E-state index contributed by atoms with van der Waals surface area (Å²) in [5.74, 6) is 0.914. The Hall–Kier alpha value is -0.0400. The molecule has 1 N–H and O–H groups in total. The highest BCUT2D eigenvalue weighted by molar-refractivity contribution is 4.88. The highest BCUT2D eigenvalue weighted by atomic mass is 14.9. The summed E-state index contributed by atoms with van der Waals surface area (Å²) in [6.07, 6.45) is 10.0. The molecular weight excluding hydrogens is 194 g/mol. The fourth-order valence-corrected chi connectivity index (χ4v) is 3.33. The van der Waals surface area contributed by atoms with Crippen molar-refractivity contribution in [2.24, 2.45) is 11.3 Å². The van der Waals surface area contributed by atoms with Crippen LogP contribution in [-0.4, -0.2) is 12.6 Å². The number of hydrogen-bond acceptors (Lipinski definition) is 1. The van der Waals surface area contributed by atoms with Gasteiger partial charge >= 0.3 is 0 Å². The maximum atomic E-state index is 3.68. The molecule has 0 amide bonds. The van der Waals surface area contributed by atoms with Crippen molar-refractivity contribution < 1.29 is 0 Å². The lowest BCUT2D eigenvalue weighted by atomic mass is 9.77. The van der Waals surface area contributed by atoms with Gasteiger partial charge < -0.3 is 5.32 Å². The van der Waals surface area contributed by atoms with E-state index in [1.165, 1.54) is 51.5 Å². The summed E-state index contributed by atoms with van der Waals surface area (Å²) < 4.78 is 0. The molecule has 1 atom stereocenters. The zero-order chi connectivity index (χ0) is 12.0. The molecule has 0 aromatic heterocycles. The molecule has 1 nitrogen and oxygen atoms in total. The van der Waals surface area contributed by atoms with Crippen LogP contribution in [0.2, 0.25) is 0 Å². The molecule has 0 radical (unpaired) electrons. The molecule has 1 rings (SSSR count). The third kappa shape index (κ3) is 4.45. The Balaban J connectivity index is 2.44. The van der Waals surface area contributed by atoms with Gasteiger partial charge in [-0.25, -0.2) is 0 Å². The van der Waals surface area contributed by atoms with Crippen LogP contribution < -0.4 is 5.32 Å². The molecule has 96 valence electrons. The molecule has 1 fully saturated rings. The molecule has 0 aromatic rings. The Labute approximate surface area is 102 Å². The van der Waals surface area contributed by atoms with Gasteiger partial charge in [-0.2, -0.15) is 0 Å². The lowest BCUT2D eigenvalue weighted by Crippen LogP contribution is -2.37. The second kappa shape index (κ2) is 6.64. The summed E-state index contributed by atoms with van der Waals surface area (Å²) in [7, 11) is 0. The number of nitrogens with one attached hydrogen (secondary N) is 1. The van der Waals surface area contributed by atoms with Crippen LogP contribution in [0, 0.1) is 11.3 Å². The van der Waals surface area contributed by atoms with E-state index in [2.05, 4.69) is 33.0 Å². The Kier molecular flexibility index (Phi) is 5.82. The zero-order valence-corrected chi connectivity index (χ0v) is 11.8. The van der Waals surface area contributed by atoms with Crippen LogP contribution >= 0.6 is 0 Å². The minimum atomic E-state index is 0.638. The van der Waals surface area contributed by atoms with Crippen LogP contribution in [0.4, 0.5) is 0 Å². The van der Waals surface area contributed by atoms with Crippen LogP contribution in [0.25, 0.3) is 0 Å². The molecule has 0 aromatic carbocycles. The Bertz CT molecular complexity index is 180. The van der Waals surface area contributed by atoms with Gasteiger partial charge in [0.05, 0.1) is 0 Å². The highest BCUT2D eigenvalue weighted by Crippen LogP contribution is 2.43. The summed E-state index contributed by atoms with van der Waals surface area (Å²) in [5, 5.41) is 3.68. The SMILES string of the molecule is CCCC(C)CC1(CNC(C)C)CCCC1. The average molecular weight is 225 g/mol. The van der Waals surface area contributed by atoms with Crippen LogP contribution in [0.1, 0.15) is 72.6 Å². The van der Waals surface area contributed by atoms with Crippen LogP contribution in [0.3, 0.4) is 0 Å². The summed E-state index contributed by atoms with van der Waals surface area (Å²) in [6, 6.07) is 0.638. The predicted octanol–water partition coefficient (Wildman–Crippen LogP) is 4.37. The van der Waals surface area contributed by atoms with Crippen molar-refractivity contribution in [2.45, 2.75) is 78.7 Å². The third-order valence-electron chi connectivity index (χ3n) is 4.11. The van der Waals surface area contributed by atoms with E-state index in [1.807, 2.05) is 0 Å². The molecule has 1 unspecified atom stereocenters. The molecule has 0 aliphatic heterocycles. The fraction of sp³-hybridized carbons (Fsp3) is 1.00. The van der Waals surface area contributed by atoms with Crippen LogP contribution in [0.15, 0.2) is 0 Å². The minimum Gasteiger partial charge on any atom is -0.314 e. The molecule has 1 saturated carbocycles. The second-order valence-corrected chi connectivity index (χ2v) is 6.34. The van der Waals surface area contributed by atoms with Crippen molar-refractivity contribution in [3.05, 3.63) is 0 Å². The van der Waals surface area contributed by atoms with E-state index in [1.54, 1.807) is 0 Å². The Morgan fingerprint density at radius 1 is 1.12 bits per heavy atom. The quantitative estimate of drug-likeness (QED) is 0.678. The van der Waals surface area contributed by atoms with Crippen LogP contribution in [-0.2, 0) is 0 Å². The van der Waals surface area contributed by atoms with Gasteiger partial charge in [-0.1, -0.05) is 53.4 Å². The molecular formula is C15H31N. The van der Waals surface area contributed by atoms with Crippen molar-refractivity contribution >= 4 is 0 Å². The molecule has 0 saturated heterocycles.